The first kappa shape index (κ1) is 18.4. The number of anilines is 1. The topological polar surface area (TPSA) is 129 Å². The molecular formula is C19H21N5O4. The van der Waals surface area contributed by atoms with E-state index in [9.17, 15) is 10.2 Å². The number of hydrogen-bond acceptors (Lipinski definition) is 8. The summed E-state index contributed by atoms with van der Waals surface area (Å²) in [5.74, 6) is 1.60. The predicted octanol–water partition coefficient (Wildman–Crippen LogP) is 1.23. The molecule has 9 heteroatoms. The molecule has 0 radical (unpaired) electrons. The Bertz CT molecular complexity index is 1000. The molecule has 3 heterocycles. The van der Waals surface area contributed by atoms with Crippen LogP contribution < -0.4 is 10.5 Å². The largest absolute Gasteiger partial charge is 0.497 e. The van der Waals surface area contributed by atoms with Crippen molar-refractivity contribution in [3.05, 3.63) is 42.0 Å². The first-order valence-electron chi connectivity index (χ1n) is 8.85. The molecule has 0 spiro atoms. The molecule has 1 aliphatic heterocycles. The zero-order valence-corrected chi connectivity index (χ0v) is 15.3. The number of aliphatic hydroxyl groups is 2. The summed E-state index contributed by atoms with van der Waals surface area (Å²) in [7, 11) is 1.62. The molecule has 146 valence electrons. The maximum Gasteiger partial charge on any atom is 0.168 e. The molecule has 1 aliphatic rings. The molecule has 1 fully saturated rings. The molecule has 0 bridgehead atoms. The number of imidazole rings is 1. The van der Waals surface area contributed by atoms with Crippen LogP contribution in [-0.4, -0.2) is 55.7 Å². The maximum absolute atomic E-state index is 10.1. The summed E-state index contributed by atoms with van der Waals surface area (Å²) in [5.41, 5.74) is 7.89. The summed E-state index contributed by atoms with van der Waals surface area (Å²) in [6, 6.07) is 7.59. The van der Waals surface area contributed by atoms with Crippen LogP contribution in [-0.2, 0) is 4.74 Å². The third kappa shape index (κ3) is 3.31. The molecule has 3 unspecified atom stereocenters. The van der Waals surface area contributed by atoms with Crippen molar-refractivity contribution >= 4 is 29.1 Å². The molecule has 1 aromatic carbocycles. The maximum atomic E-state index is 10.1. The van der Waals surface area contributed by atoms with Crippen molar-refractivity contribution in [2.75, 3.05) is 19.5 Å². The van der Waals surface area contributed by atoms with Gasteiger partial charge in [0.25, 0.3) is 0 Å². The van der Waals surface area contributed by atoms with Crippen molar-refractivity contribution in [2.45, 2.75) is 24.9 Å². The Labute approximate surface area is 161 Å². The lowest BCUT2D eigenvalue weighted by Crippen LogP contribution is -2.24. The molecule has 2 aromatic heterocycles. The van der Waals surface area contributed by atoms with Gasteiger partial charge in [-0.1, -0.05) is 18.2 Å². The molecule has 9 nitrogen and oxygen atoms in total. The molecule has 3 aromatic rings. The van der Waals surface area contributed by atoms with E-state index in [0.29, 0.717) is 23.4 Å². The molecule has 4 rings (SSSR count). The lowest BCUT2D eigenvalue weighted by atomic mass is 10.2. The van der Waals surface area contributed by atoms with E-state index in [-0.39, 0.29) is 12.4 Å². The summed E-state index contributed by atoms with van der Waals surface area (Å²) in [6.07, 6.45) is 3.44. The lowest BCUT2D eigenvalue weighted by Gasteiger charge is -2.15. The number of hydrogen-bond donors (Lipinski definition) is 3. The number of ether oxygens (including phenoxy) is 2. The number of benzene rings is 1. The van der Waals surface area contributed by atoms with Gasteiger partial charge in [0.15, 0.2) is 17.0 Å². The highest BCUT2D eigenvalue weighted by Crippen LogP contribution is 2.33. The third-order valence-corrected chi connectivity index (χ3v) is 4.75. The van der Waals surface area contributed by atoms with Gasteiger partial charge in [-0.15, -0.1) is 0 Å². The van der Waals surface area contributed by atoms with E-state index in [0.717, 1.165) is 11.3 Å². The Balaban J connectivity index is 1.74. The van der Waals surface area contributed by atoms with Crippen molar-refractivity contribution in [1.82, 2.24) is 19.5 Å². The summed E-state index contributed by atoms with van der Waals surface area (Å²) < 4.78 is 12.8. The first-order valence-corrected chi connectivity index (χ1v) is 8.85. The van der Waals surface area contributed by atoms with Crippen LogP contribution in [0.25, 0.3) is 23.3 Å². The van der Waals surface area contributed by atoms with Crippen LogP contribution in [0.3, 0.4) is 0 Å². The van der Waals surface area contributed by atoms with Gasteiger partial charge >= 0.3 is 0 Å². The van der Waals surface area contributed by atoms with Gasteiger partial charge < -0.3 is 25.4 Å². The van der Waals surface area contributed by atoms with Crippen LogP contribution in [0, 0.1) is 0 Å². The minimum atomic E-state index is -0.773. The van der Waals surface area contributed by atoms with Gasteiger partial charge in [0.1, 0.15) is 30.2 Å². The van der Waals surface area contributed by atoms with Crippen LogP contribution in [0.4, 0.5) is 5.82 Å². The minimum absolute atomic E-state index is 0.264. The standard InChI is InChI=1S/C19H21N5O4/c1-27-12-5-2-11(3-6-12)4-7-15-23-17-18(20)21-10-22-19(17)24(15)16-8-13(26)14(9-25)28-16/h2-7,10,13-14,16,25-26H,8-9H2,1H3,(H2,20,21,22)/b7-4+. The van der Waals surface area contributed by atoms with Gasteiger partial charge in [-0.05, 0) is 23.8 Å². The fraction of sp³-hybridized carbons (Fsp3) is 0.316. The number of rotatable bonds is 5. The van der Waals surface area contributed by atoms with Crippen LogP contribution in [0.5, 0.6) is 5.75 Å². The monoisotopic (exact) mass is 383 g/mol. The second-order valence-electron chi connectivity index (χ2n) is 6.49. The van der Waals surface area contributed by atoms with E-state index >= 15 is 0 Å². The highest BCUT2D eigenvalue weighted by molar-refractivity contribution is 5.84. The van der Waals surface area contributed by atoms with Gasteiger partial charge in [0.05, 0.1) is 19.8 Å². The Morgan fingerprint density at radius 2 is 2.07 bits per heavy atom. The fourth-order valence-corrected chi connectivity index (χ4v) is 3.27. The SMILES string of the molecule is COc1ccc(/C=C/c2nc3c(N)ncnc3n2C2CC(O)C(CO)O2)cc1. The van der Waals surface area contributed by atoms with Gasteiger partial charge in [-0.25, -0.2) is 15.0 Å². The van der Waals surface area contributed by atoms with Crippen LogP contribution in [0.2, 0.25) is 0 Å². The Morgan fingerprint density at radius 3 is 2.75 bits per heavy atom. The van der Waals surface area contributed by atoms with E-state index in [2.05, 4.69) is 15.0 Å². The van der Waals surface area contributed by atoms with Crippen LogP contribution in [0.1, 0.15) is 24.0 Å². The average molecular weight is 383 g/mol. The summed E-state index contributed by atoms with van der Waals surface area (Å²) >= 11 is 0. The molecular weight excluding hydrogens is 362 g/mol. The molecule has 3 atom stereocenters. The number of nitrogens with two attached hydrogens (primary N) is 1. The van der Waals surface area contributed by atoms with E-state index in [1.165, 1.54) is 6.33 Å². The zero-order valence-electron chi connectivity index (χ0n) is 15.3. The van der Waals surface area contributed by atoms with Gasteiger partial charge in [0, 0.05) is 6.42 Å². The number of fused-ring (bicyclic) bond motifs is 1. The Kier molecular flexibility index (Phi) is 4.95. The molecule has 0 amide bonds. The summed E-state index contributed by atoms with van der Waals surface area (Å²) in [6.45, 7) is -0.265. The number of aromatic nitrogens is 4. The van der Waals surface area contributed by atoms with Crippen LogP contribution >= 0.6 is 0 Å². The quantitative estimate of drug-likeness (QED) is 0.600. The average Bonchev–Trinajstić information content (AvgIpc) is 3.27. The lowest BCUT2D eigenvalue weighted by molar-refractivity contribution is -0.0434. The Hall–Kier alpha value is -3.01. The molecule has 28 heavy (non-hydrogen) atoms. The normalized spacial score (nSPS) is 22.3. The second kappa shape index (κ2) is 7.55. The van der Waals surface area contributed by atoms with E-state index in [1.807, 2.05) is 36.4 Å². The van der Waals surface area contributed by atoms with Gasteiger partial charge in [0.2, 0.25) is 0 Å². The molecule has 0 aliphatic carbocycles. The summed E-state index contributed by atoms with van der Waals surface area (Å²) in [5, 5.41) is 19.5. The van der Waals surface area contributed by atoms with E-state index in [1.54, 1.807) is 11.7 Å². The molecule has 0 saturated carbocycles. The van der Waals surface area contributed by atoms with Crippen molar-refractivity contribution in [3.63, 3.8) is 0 Å². The summed E-state index contributed by atoms with van der Waals surface area (Å²) in [4.78, 5) is 12.8. The first-order chi connectivity index (χ1) is 13.6. The highest BCUT2D eigenvalue weighted by atomic mass is 16.5. The van der Waals surface area contributed by atoms with E-state index < -0.39 is 18.4 Å². The van der Waals surface area contributed by atoms with Crippen molar-refractivity contribution < 1.29 is 19.7 Å². The number of aliphatic hydroxyl groups excluding tert-OH is 2. The molecule has 4 N–H and O–H groups in total. The number of nitrogen functional groups attached to an aromatic ring is 1. The van der Waals surface area contributed by atoms with Gasteiger partial charge in [-0.2, -0.15) is 0 Å². The number of methoxy groups -OCH3 is 1. The second-order valence-corrected chi connectivity index (χ2v) is 6.49. The van der Waals surface area contributed by atoms with Crippen LogP contribution in [0.15, 0.2) is 30.6 Å². The number of nitrogens with zero attached hydrogens (tertiary/aromatic N) is 4. The highest BCUT2D eigenvalue weighted by Gasteiger charge is 2.36. The zero-order chi connectivity index (χ0) is 19.7. The molecule has 1 saturated heterocycles. The van der Waals surface area contributed by atoms with E-state index in [4.69, 9.17) is 15.2 Å². The third-order valence-electron chi connectivity index (χ3n) is 4.75. The van der Waals surface area contributed by atoms with Crippen molar-refractivity contribution in [1.29, 1.82) is 0 Å². The smallest absolute Gasteiger partial charge is 0.168 e. The minimum Gasteiger partial charge on any atom is -0.497 e. The van der Waals surface area contributed by atoms with Crippen molar-refractivity contribution in [2.24, 2.45) is 0 Å². The Morgan fingerprint density at radius 1 is 1.29 bits per heavy atom. The van der Waals surface area contributed by atoms with Crippen molar-refractivity contribution in [3.8, 4) is 5.75 Å². The van der Waals surface area contributed by atoms with Gasteiger partial charge in [-0.3, -0.25) is 4.57 Å². The predicted molar refractivity (Wildman–Crippen MR) is 103 cm³/mol. The fourth-order valence-electron chi connectivity index (χ4n) is 3.27.